The molecule has 0 spiro atoms. The van der Waals surface area contributed by atoms with Gasteiger partial charge in [0.25, 0.3) is 0 Å². The molecule has 0 amide bonds. The van der Waals surface area contributed by atoms with Crippen LogP contribution in [0.3, 0.4) is 0 Å². The Morgan fingerprint density at radius 2 is 2.00 bits per heavy atom. The monoisotopic (exact) mass is 227 g/mol. The molecule has 1 aliphatic carbocycles. The maximum absolute atomic E-state index is 6.34. The van der Waals surface area contributed by atoms with Gasteiger partial charge in [-0.25, -0.2) is 4.68 Å². The van der Waals surface area contributed by atoms with Gasteiger partial charge >= 0.3 is 0 Å². The van der Waals surface area contributed by atoms with Gasteiger partial charge in [0.15, 0.2) is 0 Å². The number of hydrogen-bond acceptors (Lipinski definition) is 2. The van der Waals surface area contributed by atoms with Gasteiger partial charge in [-0.15, -0.1) is 0 Å². The fraction of sp³-hybridized carbons (Fsp3) is 0.357. The molecule has 1 aromatic carbocycles. The average molecular weight is 227 g/mol. The molecule has 1 unspecified atom stereocenters. The van der Waals surface area contributed by atoms with E-state index in [9.17, 15) is 0 Å². The minimum atomic E-state index is -0.253. The zero-order valence-corrected chi connectivity index (χ0v) is 10.3. The minimum absolute atomic E-state index is 0.253. The molecule has 0 aliphatic heterocycles. The Kier molecular flexibility index (Phi) is 2.13. The lowest BCUT2D eigenvalue weighted by molar-refractivity contribution is 0.462. The Morgan fingerprint density at radius 1 is 1.29 bits per heavy atom. The van der Waals surface area contributed by atoms with E-state index in [0.717, 1.165) is 18.5 Å². The predicted octanol–water partition coefficient (Wildman–Crippen LogP) is 2.30. The molecule has 1 aromatic heterocycles. The summed E-state index contributed by atoms with van der Waals surface area (Å²) >= 11 is 0. The molecule has 0 radical (unpaired) electrons. The summed E-state index contributed by atoms with van der Waals surface area (Å²) in [6.07, 6.45) is 3.99. The van der Waals surface area contributed by atoms with Crippen LogP contribution in [0.5, 0.6) is 0 Å². The summed E-state index contributed by atoms with van der Waals surface area (Å²) in [5, 5.41) is 4.47. The molecule has 3 heteroatoms. The largest absolute Gasteiger partial charge is 0.320 e. The summed E-state index contributed by atoms with van der Waals surface area (Å²) in [6, 6.07) is 8.40. The molecule has 0 saturated carbocycles. The number of fused-ring (bicyclic) bond motifs is 1. The molecule has 1 aliphatic rings. The Labute approximate surface area is 101 Å². The van der Waals surface area contributed by atoms with Crippen LogP contribution in [0.15, 0.2) is 30.5 Å². The van der Waals surface area contributed by atoms with E-state index in [1.165, 1.54) is 16.8 Å². The molecule has 17 heavy (non-hydrogen) atoms. The quantitative estimate of drug-likeness (QED) is 0.812. The Bertz CT molecular complexity index is 549. The second-order valence-corrected chi connectivity index (χ2v) is 5.18. The lowest BCUT2D eigenvalue weighted by Gasteiger charge is -2.20. The van der Waals surface area contributed by atoms with Crippen molar-refractivity contribution in [2.45, 2.75) is 32.2 Å². The van der Waals surface area contributed by atoms with E-state index < -0.39 is 0 Å². The number of hydrogen-bond donors (Lipinski definition) is 1. The minimum Gasteiger partial charge on any atom is -0.320 e. The van der Waals surface area contributed by atoms with Gasteiger partial charge < -0.3 is 5.73 Å². The van der Waals surface area contributed by atoms with E-state index in [4.69, 9.17) is 5.73 Å². The molecule has 3 nitrogen and oxygen atoms in total. The van der Waals surface area contributed by atoms with E-state index in [1.54, 1.807) is 0 Å². The topological polar surface area (TPSA) is 43.8 Å². The number of aryl methyl sites for hydroxylation is 2. The summed E-state index contributed by atoms with van der Waals surface area (Å²) < 4.78 is 1.99. The Morgan fingerprint density at radius 3 is 2.71 bits per heavy atom. The first kappa shape index (κ1) is 10.5. The van der Waals surface area contributed by atoms with E-state index in [2.05, 4.69) is 43.2 Å². The second-order valence-electron chi connectivity index (χ2n) is 5.18. The van der Waals surface area contributed by atoms with Gasteiger partial charge in [-0.1, -0.05) is 17.7 Å². The molecule has 2 N–H and O–H groups in total. The standard InChI is InChI=1S/C14H17N3/c1-10-3-5-12(6-4-10)17-13-11(9-16-17)7-8-14(13,2)15/h3-6,9H,7-8,15H2,1-2H3. The van der Waals surface area contributed by atoms with Crippen molar-refractivity contribution in [2.75, 3.05) is 0 Å². The fourth-order valence-corrected chi connectivity index (χ4v) is 2.57. The molecule has 1 atom stereocenters. The van der Waals surface area contributed by atoms with Crippen molar-refractivity contribution in [3.05, 3.63) is 47.3 Å². The second kappa shape index (κ2) is 3.44. The number of benzene rings is 1. The molecule has 3 rings (SSSR count). The number of rotatable bonds is 1. The highest BCUT2D eigenvalue weighted by Gasteiger charge is 2.34. The summed E-state index contributed by atoms with van der Waals surface area (Å²) in [4.78, 5) is 0. The normalized spacial score (nSPS) is 22.8. The maximum atomic E-state index is 6.34. The highest BCUT2D eigenvalue weighted by molar-refractivity contribution is 5.41. The molecular formula is C14H17N3. The van der Waals surface area contributed by atoms with Crippen molar-refractivity contribution < 1.29 is 0 Å². The van der Waals surface area contributed by atoms with E-state index in [1.807, 2.05) is 10.9 Å². The van der Waals surface area contributed by atoms with Gasteiger partial charge in [-0.2, -0.15) is 5.10 Å². The maximum Gasteiger partial charge on any atom is 0.0670 e. The molecule has 1 heterocycles. The van der Waals surface area contributed by atoms with Crippen LogP contribution in [-0.4, -0.2) is 9.78 Å². The van der Waals surface area contributed by atoms with Crippen LogP contribution in [0.25, 0.3) is 5.69 Å². The van der Waals surface area contributed by atoms with Crippen LogP contribution >= 0.6 is 0 Å². The van der Waals surface area contributed by atoms with Crippen LogP contribution in [0.2, 0.25) is 0 Å². The first-order chi connectivity index (χ1) is 8.08. The van der Waals surface area contributed by atoms with Crippen LogP contribution in [0, 0.1) is 6.92 Å². The van der Waals surface area contributed by atoms with Crippen molar-refractivity contribution in [3.63, 3.8) is 0 Å². The van der Waals surface area contributed by atoms with Crippen LogP contribution < -0.4 is 5.73 Å². The zero-order valence-electron chi connectivity index (χ0n) is 10.3. The first-order valence-electron chi connectivity index (χ1n) is 6.01. The average Bonchev–Trinajstić information content (AvgIpc) is 2.83. The third-order valence-electron chi connectivity index (χ3n) is 3.58. The highest BCUT2D eigenvalue weighted by Crippen LogP contribution is 2.35. The zero-order chi connectivity index (χ0) is 12.0. The first-order valence-corrected chi connectivity index (χ1v) is 6.01. The van der Waals surface area contributed by atoms with Gasteiger partial charge in [0, 0.05) is 0 Å². The summed E-state index contributed by atoms with van der Waals surface area (Å²) in [5.74, 6) is 0. The van der Waals surface area contributed by atoms with Crippen molar-refractivity contribution >= 4 is 0 Å². The summed E-state index contributed by atoms with van der Waals surface area (Å²) in [6.45, 7) is 4.18. The summed E-state index contributed by atoms with van der Waals surface area (Å²) in [5.41, 5.74) is 10.9. The lowest BCUT2D eigenvalue weighted by Crippen LogP contribution is -2.32. The third-order valence-corrected chi connectivity index (χ3v) is 3.58. The van der Waals surface area contributed by atoms with Crippen LogP contribution in [-0.2, 0) is 12.0 Å². The van der Waals surface area contributed by atoms with Crippen molar-refractivity contribution in [2.24, 2.45) is 5.73 Å². The lowest BCUT2D eigenvalue weighted by atomic mass is 10.0. The van der Waals surface area contributed by atoms with E-state index >= 15 is 0 Å². The van der Waals surface area contributed by atoms with E-state index in [0.29, 0.717) is 0 Å². The molecule has 0 bridgehead atoms. The predicted molar refractivity (Wildman–Crippen MR) is 68.2 cm³/mol. The number of nitrogens with zero attached hydrogens (tertiary/aromatic N) is 2. The smallest absolute Gasteiger partial charge is 0.0670 e. The number of nitrogens with two attached hydrogens (primary N) is 1. The van der Waals surface area contributed by atoms with Crippen LogP contribution in [0.1, 0.15) is 30.2 Å². The van der Waals surface area contributed by atoms with Gasteiger partial charge in [0.05, 0.1) is 23.1 Å². The van der Waals surface area contributed by atoms with Crippen molar-refractivity contribution in [1.29, 1.82) is 0 Å². The third kappa shape index (κ3) is 1.58. The molecule has 2 aromatic rings. The van der Waals surface area contributed by atoms with Gasteiger partial charge in [0.1, 0.15) is 0 Å². The molecule has 88 valence electrons. The number of aromatic nitrogens is 2. The van der Waals surface area contributed by atoms with Crippen LogP contribution in [0.4, 0.5) is 0 Å². The van der Waals surface area contributed by atoms with Crippen molar-refractivity contribution in [1.82, 2.24) is 9.78 Å². The van der Waals surface area contributed by atoms with Gasteiger partial charge in [0.2, 0.25) is 0 Å². The van der Waals surface area contributed by atoms with Gasteiger partial charge in [-0.3, -0.25) is 0 Å². The SMILES string of the molecule is Cc1ccc(-n2ncc3c2C(C)(N)CC3)cc1. The molecular weight excluding hydrogens is 210 g/mol. The summed E-state index contributed by atoms with van der Waals surface area (Å²) in [7, 11) is 0. The fourth-order valence-electron chi connectivity index (χ4n) is 2.57. The van der Waals surface area contributed by atoms with Gasteiger partial charge in [-0.05, 0) is 44.4 Å². The van der Waals surface area contributed by atoms with E-state index in [-0.39, 0.29) is 5.54 Å². The highest BCUT2D eigenvalue weighted by atomic mass is 15.3. The van der Waals surface area contributed by atoms with Crippen molar-refractivity contribution in [3.8, 4) is 5.69 Å². The molecule has 0 saturated heterocycles. The molecule has 0 fully saturated rings. The Hall–Kier alpha value is -1.61. The Balaban J connectivity index is 2.14.